The molecule has 2 aromatic carbocycles. The molecule has 4 amide bonds. The van der Waals surface area contributed by atoms with Crippen molar-refractivity contribution in [3.05, 3.63) is 90.3 Å². The first-order valence-electron chi connectivity index (χ1n) is 22.9. The summed E-state index contributed by atoms with van der Waals surface area (Å²) in [7, 11) is 3.29. The number of benzene rings is 2. The molecule has 65 heavy (non-hydrogen) atoms. The van der Waals surface area contributed by atoms with Crippen molar-refractivity contribution in [2.75, 3.05) is 33.9 Å². The van der Waals surface area contributed by atoms with Gasteiger partial charge in [0.25, 0.3) is 5.91 Å². The summed E-state index contributed by atoms with van der Waals surface area (Å²) in [6.45, 7) is 18.8. The van der Waals surface area contributed by atoms with Gasteiger partial charge in [-0.3, -0.25) is 34.0 Å². The Morgan fingerprint density at radius 2 is 1.85 bits per heavy atom. The highest BCUT2D eigenvalue weighted by Crippen LogP contribution is 2.42. The minimum atomic E-state index is -1.05. The number of aromatic nitrogens is 2. The van der Waals surface area contributed by atoms with Crippen LogP contribution in [-0.2, 0) is 52.8 Å². The van der Waals surface area contributed by atoms with Gasteiger partial charge in [0.15, 0.2) is 0 Å². The van der Waals surface area contributed by atoms with E-state index in [-0.39, 0.29) is 49.5 Å². The van der Waals surface area contributed by atoms with Crippen molar-refractivity contribution < 1.29 is 33.4 Å². The van der Waals surface area contributed by atoms with Gasteiger partial charge in [-0.15, -0.1) is 0 Å². The summed E-state index contributed by atoms with van der Waals surface area (Å²) in [5, 5.41) is 5.56. The quantitative estimate of drug-likeness (QED) is 0.139. The molecule has 2 aromatic heterocycles. The summed E-state index contributed by atoms with van der Waals surface area (Å²) < 4.78 is 14.3. The fraction of sp³-hybridized carbons (Fsp3) is 0.490. The summed E-state index contributed by atoms with van der Waals surface area (Å²) in [5.41, 5.74) is 10.5. The molecular weight excluding hydrogens is 823 g/mol. The zero-order valence-electron chi connectivity index (χ0n) is 39.4. The maximum Gasteiger partial charge on any atom is 0.324 e. The SMILES string of the molecule is C=CC(=O)N1C[C@@H](C(=O)N(C)[C@H](C(=O)N[C@H]2Cc3cccc(c3)-c3ccc4c(c3)c(c(-c3cccnc3[C@H](C)OC)n4CC)CC(C)(C)COC(=O)[C@@H]3CCCN(N3)C2=O)C(C)C)[C@H]1C. The van der Waals surface area contributed by atoms with Gasteiger partial charge in [-0.1, -0.05) is 64.6 Å². The molecule has 2 N–H and O–H groups in total. The fourth-order valence-corrected chi connectivity index (χ4v) is 9.87. The van der Waals surface area contributed by atoms with Crippen molar-refractivity contribution in [3.63, 3.8) is 0 Å². The number of nitrogens with one attached hydrogen (secondary N) is 2. The predicted octanol–water partition coefficient (Wildman–Crippen LogP) is 6.26. The fourth-order valence-electron chi connectivity index (χ4n) is 9.87. The molecular formula is C51H65N7O7. The molecule has 2 saturated heterocycles. The number of rotatable bonds is 10. The average molecular weight is 888 g/mol. The normalized spacial score (nSPS) is 22.1. The Morgan fingerprint density at radius 3 is 2.54 bits per heavy atom. The van der Waals surface area contributed by atoms with Crippen LogP contribution in [-0.4, -0.2) is 112 Å². The molecule has 2 fully saturated rings. The number of ether oxygens (including phenoxy) is 2. The van der Waals surface area contributed by atoms with Gasteiger partial charge in [-0.05, 0) is 98.5 Å². The summed E-state index contributed by atoms with van der Waals surface area (Å²) in [4.78, 5) is 77.1. The average Bonchev–Trinajstić information content (AvgIpc) is 3.60. The number of carbonyl (C=O) groups excluding carboxylic acids is 5. The summed E-state index contributed by atoms with van der Waals surface area (Å²) in [6, 6.07) is 15.5. The Bertz CT molecular complexity index is 2480. The van der Waals surface area contributed by atoms with Gasteiger partial charge in [0, 0.05) is 74.3 Å². The highest BCUT2D eigenvalue weighted by atomic mass is 16.5. The molecule has 3 aliphatic rings. The molecule has 7 rings (SSSR count). The number of carbonyl (C=O) groups is 5. The number of likely N-dealkylation sites (tertiary alicyclic amines) is 1. The number of pyridine rings is 1. The molecule has 6 bridgehead atoms. The number of hydrogen-bond donors (Lipinski definition) is 2. The first-order valence-corrected chi connectivity index (χ1v) is 22.9. The van der Waals surface area contributed by atoms with Gasteiger partial charge in [-0.2, -0.15) is 0 Å². The standard InChI is InChI=1S/C51H65N7O7/c1-11-43(59)57-28-39(31(57)5)48(61)55(9)45(30(3)4)47(60)53-41-25-33-16-13-17-34(24-33)35-20-21-42-37(26-35)38(46(56(42)12-2)36-18-14-22-52-44(36)32(6)64-10)27-51(7,8)29-65-50(63)40-19-15-23-58(54-40)49(41)62/h11,13-14,16-18,20-22,24,26,30-32,39-41,45,54H,1,12,15,19,23,25,27-29H2,2-10H3,(H,53,60)/t31-,32+,39-,40+,41+,45+/m1/s1. The molecule has 14 nitrogen and oxygen atoms in total. The summed E-state index contributed by atoms with van der Waals surface area (Å²) in [5.74, 6) is -2.61. The summed E-state index contributed by atoms with van der Waals surface area (Å²) >= 11 is 0. The third-order valence-corrected chi connectivity index (χ3v) is 13.5. The van der Waals surface area contributed by atoms with Gasteiger partial charge >= 0.3 is 5.97 Å². The van der Waals surface area contributed by atoms with E-state index in [9.17, 15) is 24.0 Å². The number of methoxy groups -OCH3 is 1. The molecule has 5 heterocycles. The van der Waals surface area contributed by atoms with E-state index in [1.54, 1.807) is 25.3 Å². The number of amides is 4. The number of cyclic esters (lactones) is 1. The highest BCUT2D eigenvalue weighted by Gasteiger charge is 2.46. The van der Waals surface area contributed by atoms with Crippen molar-refractivity contribution in [3.8, 4) is 22.4 Å². The van der Waals surface area contributed by atoms with E-state index in [0.717, 1.165) is 50.1 Å². The van der Waals surface area contributed by atoms with Crippen molar-refractivity contribution in [2.24, 2.45) is 17.3 Å². The van der Waals surface area contributed by atoms with Crippen LogP contribution >= 0.6 is 0 Å². The zero-order chi connectivity index (χ0) is 46.9. The third kappa shape index (κ3) is 9.46. The van der Waals surface area contributed by atoms with Crippen LogP contribution < -0.4 is 10.7 Å². The molecule has 346 valence electrons. The van der Waals surface area contributed by atoms with E-state index >= 15 is 0 Å². The van der Waals surface area contributed by atoms with E-state index in [1.807, 2.05) is 45.9 Å². The van der Waals surface area contributed by atoms with Crippen LogP contribution in [0.1, 0.15) is 84.2 Å². The van der Waals surface area contributed by atoms with Gasteiger partial charge in [0.1, 0.15) is 18.1 Å². The highest BCUT2D eigenvalue weighted by molar-refractivity contribution is 5.96. The molecule has 4 aromatic rings. The zero-order valence-corrected chi connectivity index (χ0v) is 39.4. The Morgan fingerprint density at radius 1 is 1.09 bits per heavy atom. The number of fused-ring (bicyclic) bond motifs is 6. The van der Waals surface area contributed by atoms with Crippen molar-refractivity contribution in [1.82, 2.24) is 35.1 Å². The minimum absolute atomic E-state index is 0.135. The molecule has 0 aliphatic carbocycles. The third-order valence-electron chi connectivity index (χ3n) is 13.5. The van der Waals surface area contributed by atoms with E-state index in [0.29, 0.717) is 32.4 Å². The Labute approximate surface area is 382 Å². The van der Waals surface area contributed by atoms with Gasteiger partial charge in [-0.25, -0.2) is 5.43 Å². The molecule has 0 spiro atoms. The number of aryl methyl sites for hydroxylation is 1. The van der Waals surface area contributed by atoms with Crippen LogP contribution in [0.25, 0.3) is 33.3 Å². The largest absolute Gasteiger partial charge is 0.464 e. The molecule has 14 heteroatoms. The lowest BCUT2D eigenvalue weighted by Gasteiger charge is -2.47. The Balaban J connectivity index is 1.29. The number of likely N-dealkylation sites (N-methyl/N-ethyl adjacent to an activating group) is 1. The van der Waals surface area contributed by atoms with Gasteiger partial charge in [0.2, 0.25) is 17.7 Å². The van der Waals surface area contributed by atoms with Crippen LogP contribution in [0.4, 0.5) is 0 Å². The minimum Gasteiger partial charge on any atom is -0.464 e. The molecule has 3 aliphatic heterocycles. The van der Waals surface area contributed by atoms with Gasteiger partial charge < -0.3 is 29.2 Å². The summed E-state index contributed by atoms with van der Waals surface area (Å²) in [6.07, 6.45) is 4.52. The van der Waals surface area contributed by atoms with Crippen molar-refractivity contribution in [2.45, 2.75) is 111 Å². The first-order chi connectivity index (χ1) is 31.0. The smallest absolute Gasteiger partial charge is 0.324 e. The van der Waals surface area contributed by atoms with Crippen molar-refractivity contribution in [1.29, 1.82) is 0 Å². The van der Waals surface area contributed by atoms with E-state index in [4.69, 9.17) is 14.5 Å². The lowest BCUT2D eigenvalue weighted by molar-refractivity contribution is -0.156. The topological polar surface area (TPSA) is 155 Å². The lowest BCUT2D eigenvalue weighted by Crippen LogP contribution is -2.65. The maximum atomic E-state index is 14.7. The molecule has 0 unspecified atom stereocenters. The number of hydrogen-bond acceptors (Lipinski definition) is 9. The maximum absolute atomic E-state index is 14.7. The Hall–Kier alpha value is -5.86. The monoisotopic (exact) mass is 887 g/mol. The molecule has 0 saturated carbocycles. The first kappa shape index (κ1) is 47.1. The van der Waals surface area contributed by atoms with Crippen LogP contribution in [0.3, 0.4) is 0 Å². The second kappa shape index (κ2) is 19.3. The molecule has 6 atom stereocenters. The van der Waals surface area contributed by atoms with E-state index in [1.165, 1.54) is 16.0 Å². The van der Waals surface area contributed by atoms with Crippen molar-refractivity contribution >= 4 is 40.5 Å². The predicted molar refractivity (Wildman–Crippen MR) is 250 cm³/mol. The number of esters is 1. The second-order valence-corrected chi connectivity index (χ2v) is 19.0. The van der Waals surface area contributed by atoms with Crippen LogP contribution in [0.15, 0.2) is 73.4 Å². The lowest BCUT2D eigenvalue weighted by atomic mass is 9.84. The van der Waals surface area contributed by atoms with Crippen LogP contribution in [0.5, 0.6) is 0 Å². The van der Waals surface area contributed by atoms with Crippen LogP contribution in [0.2, 0.25) is 0 Å². The number of hydrazine groups is 1. The Kier molecular flexibility index (Phi) is 14.0. The van der Waals surface area contributed by atoms with Gasteiger partial charge in [0.05, 0.1) is 30.0 Å². The molecule has 0 radical (unpaired) electrons. The second-order valence-electron chi connectivity index (χ2n) is 19.0. The van der Waals surface area contributed by atoms with Crippen LogP contribution in [0, 0.1) is 17.3 Å². The van der Waals surface area contributed by atoms with E-state index < -0.39 is 47.2 Å². The van der Waals surface area contributed by atoms with E-state index in [2.05, 4.69) is 79.1 Å². The number of nitrogens with zero attached hydrogens (tertiary/aromatic N) is 5.